The molecule has 0 bridgehead atoms. The highest BCUT2D eigenvalue weighted by molar-refractivity contribution is 14.1. The van der Waals surface area contributed by atoms with Crippen molar-refractivity contribution in [3.8, 4) is 0 Å². The van der Waals surface area contributed by atoms with Gasteiger partial charge in [-0.3, -0.25) is 4.48 Å². The molecule has 1 aliphatic heterocycles. The van der Waals surface area contributed by atoms with E-state index < -0.39 is 6.09 Å². The first-order valence-electron chi connectivity index (χ1n) is 5.48. The van der Waals surface area contributed by atoms with Crippen LogP contribution in [-0.4, -0.2) is 33.6 Å². The number of quaternary nitrogens is 1. The number of hydrogen-bond donors (Lipinski definition) is 0. The van der Waals surface area contributed by atoms with E-state index in [0.717, 1.165) is 30.4 Å². The molecule has 1 amide bonds. The minimum atomic E-state index is -0.908. The molecule has 1 heterocycles. The number of carboxylic acid groups (broad SMARTS) is 1. The van der Waals surface area contributed by atoms with Gasteiger partial charge in [-0.05, 0) is 26.7 Å². The van der Waals surface area contributed by atoms with Gasteiger partial charge in [0.15, 0.2) is 0 Å². The molecule has 0 aromatic heterocycles. The summed E-state index contributed by atoms with van der Waals surface area (Å²) >= 11 is 2.39. The number of carbonyl (C=O) groups is 1. The van der Waals surface area contributed by atoms with Gasteiger partial charge in [0.05, 0.1) is 18.6 Å². The minimum absolute atomic E-state index is 0.125. The van der Waals surface area contributed by atoms with E-state index in [1.54, 1.807) is 0 Å². The van der Waals surface area contributed by atoms with Crippen LogP contribution in [0, 0.1) is 5.92 Å². The molecule has 0 aromatic carbocycles. The number of piperidine rings is 1. The van der Waals surface area contributed by atoms with Crippen LogP contribution in [-0.2, 0) is 0 Å². The topological polar surface area (TPSA) is 40.1 Å². The number of nitrogens with zero attached hydrogens (tertiary/aromatic N) is 1. The number of amides is 1. The van der Waals surface area contributed by atoms with Gasteiger partial charge in [0, 0.05) is 17.3 Å². The van der Waals surface area contributed by atoms with Gasteiger partial charge in [-0.2, -0.15) is 0 Å². The van der Waals surface area contributed by atoms with Crippen molar-refractivity contribution in [2.45, 2.75) is 39.2 Å². The van der Waals surface area contributed by atoms with E-state index in [1.165, 1.54) is 0 Å². The fourth-order valence-corrected chi connectivity index (χ4v) is 3.22. The van der Waals surface area contributed by atoms with Gasteiger partial charge in [-0.1, -0.05) is 22.6 Å². The molecule has 0 radical (unpaired) electrons. The average Bonchev–Trinajstić information content (AvgIpc) is 2.16. The lowest BCUT2D eigenvalue weighted by Crippen LogP contribution is -2.70. The molecule has 3 nitrogen and oxygen atoms in total. The number of carbonyl (C=O) groups excluding carboxylic acids is 1. The van der Waals surface area contributed by atoms with Gasteiger partial charge in [0.2, 0.25) is 0 Å². The van der Waals surface area contributed by atoms with Gasteiger partial charge in [-0.25, -0.2) is 0 Å². The maximum absolute atomic E-state index is 11.4. The summed E-state index contributed by atoms with van der Waals surface area (Å²) in [5, 5.41) is 11.4. The summed E-state index contributed by atoms with van der Waals surface area (Å²) in [6, 6.07) is 0. The Morgan fingerprint density at radius 3 is 2.13 bits per heavy atom. The number of hydrogen-bond acceptors (Lipinski definition) is 2. The fourth-order valence-electron chi connectivity index (χ4n) is 2.34. The van der Waals surface area contributed by atoms with Gasteiger partial charge >= 0.3 is 0 Å². The van der Waals surface area contributed by atoms with Crippen molar-refractivity contribution in [1.82, 2.24) is 0 Å². The zero-order valence-corrected chi connectivity index (χ0v) is 11.9. The Morgan fingerprint density at radius 1 is 1.40 bits per heavy atom. The predicted molar refractivity (Wildman–Crippen MR) is 66.8 cm³/mol. The third kappa shape index (κ3) is 2.46. The number of likely N-dealkylation sites (tertiary alicyclic amines) is 1. The Labute approximate surface area is 106 Å². The summed E-state index contributed by atoms with van der Waals surface area (Å²) in [5.74, 6) is 0.693. The van der Waals surface area contributed by atoms with E-state index in [1.807, 2.05) is 20.8 Å². The summed E-state index contributed by atoms with van der Waals surface area (Å²) in [5.41, 5.74) is -0.255. The molecule has 0 atom stereocenters. The molecule has 88 valence electrons. The lowest BCUT2D eigenvalue weighted by molar-refractivity contribution is -0.924. The lowest BCUT2D eigenvalue weighted by atomic mass is 9.91. The molecule has 0 unspecified atom stereocenters. The first kappa shape index (κ1) is 13.2. The van der Waals surface area contributed by atoms with Crippen molar-refractivity contribution in [3.63, 3.8) is 0 Å². The van der Waals surface area contributed by atoms with E-state index in [9.17, 15) is 9.90 Å². The molecule has 0 spiro atoms. The monoisotopic (exact) mass is 325 g/mol. The molecule has 0 N–H and O–H groups in total. The van der Waals surface area contributed by atoms with Crippen molar-refractivity contribution >= 4 is 28.7 Å². The molecule has 0 aliphatic carbocycles. The molecule has 0 aromatic rings. The molecular formula is C11H20INO2. The Morgan fingerprint density at radius 2 is 1.87 bits per heavy atom. The van der Waals surface area contributed by atoms with Crippen LogP contribution in [0.25, 0.3) is 0 Å². The highest BCUT2D eigenvalue weighted by Crippen LogP contribution is 2.32. The number of halogens is 1. The summed E-state index contributed by atoms with van der Waals surface area (Å²) in [7, 11) is 0. The van der Waals surface area contributed by atoms with Crippen LogP contribution in [0.3, 0.4) is 0 Å². The molecular weight excluding hydrogens is 305 g/mol. The fraction of sp³-hybridized carbons (Fsp3) is 0.909. The predicted octanol–water partition coefficient (Wildman–Crippen LogP) is 1.79. The number of alkyl halides is 1. The van der Waals surface area contributed by atoms with Crippen LogP contribution >= 0.6 is 22.6 Å². The SMILES string of the molecule is CC(C)(C)[N+]1(C(=O)[O-])CCC(CI)CC1. The van der Waals surface area contributed by atoms with E-state index in [4.69, 9.17) is 0 Å². The maximum atomic E-state index is 11.4. The van der Waals surface area contributed by atoms with Crippen molar-refractivity contribution in [2.24, 2.45) is 5.92 Å². The van der Waals surface area contributed by atoms with Crippen molar-refractivity contribution in [1.29, 1.82) is 0 Å². The summed E-state index contributed by atoms with van der Waals surface area (Å²) in [6.45, 7) is 7.42. The van der Waals surface area contributed by atoms with Gasteiger partial charge in [0.1, 0.15) is 0 Å². The molecule has 1 saturated heterocycles. The van der Waals surface area contributed by atoms with Crippen LogP contribution in [0.15, 0.2) is 0 Å². The summed E-state index contributed by atoms with van der Waals surface area (Å²) < 4.78 is 1.26. The normalized spacial score (nSPS) is 32.7. The molecule has 0 saturated carbocycles. The van der Waals surface area contributed by atoms with Crippen LogP contribution in [0.5, 0.6) is 0 Å². The smallest absolute Gasteiger partial charge is 0.257 e. The minimum Gasteiger partial charge on any atom is -0.498 e. The Balaban J connectivity index is 2.84. The third-order valence-corrected chi connectivity index (χ3v) is 4.94. The van der Waals surface area contributed by atoms with Crippen LogP contribution in [0.1, 0.15) is 33.6 Å². The number of rotatable bonds is 1. The summed E-state index contributed by atoms with van der Waals surface area (Å²) in [6.07, 6.45) is 1.11. The van der Waals surface area contributed by atoms with Gasteiger partial charge in [-0.15, -0.1) is 0 Å². The van der Waals surface area contributed by atoms with Gasteiger partial charge in [0.25, 0.3) is 6.09 Å². The van der Waals surface area contributed by atoms with Crippen LogP contribution < -0.4 is 5.11 Å². The molecule has 1 aliphatic rings. The summed E-state index contributed by atoms with van der Waals surface area (Å²) in [4.78, 5) is 11.4. The molecule has 1 rings (SSSR count). The van der Waals surface area contributed by atoms with Crippen LogP contribution in [0.4, 0.5) is 4.79 Å². The second-order valence-electron chi connectivity index (χ2n) is 5.45. The van der Waals surface area contributed by atoms with Crippen LogP contribution in [0.2, 0.25) is 0 Å². The Hall–Kier alpha value is 0.160. The van der Waals surface area contributed by atoms with E-state index >= 15 is 0 Å². The standard InChI is InChI=1S/C11H20INO2/c1-11(2,3)13(10(14)15)6-4-9(8-12)5-7-13/h9H,4-8H2,1-3H3. The van der Waals surface area contributed by atoms with Crippen molar-refractivity contribution in [2.75, 3.05) is 17.5 Å². The second kappa shape index (κ2) is 4.57. The lowest BCUT2D eigenvalue weighted by Gasteiger charge is -2.51. The Bertz CT molecular complexity index is 239. The van der Waals surface area contributed by atoms with Crippen molar-refractivity contribution < 1.29 is 14.4 Å². The maximum Gasteiger partial charge on any atom is 0.257 e. The Kier molecular flexibility index (Phi) is 4.03. The quantitative estimate of drug-likeness (QED) is 0.419. The van der Waals surface area contributed by atoms with E-state index in [2.05, 4.69) is 22.6 Å². The zero-order chi connectivity index (χ0) is 11.7. The van der Waals surface area contributed by atoms with Crippen molar-refractivity contribution in [3.05, 3.63) is 0 Å². The first-order valence-corrected chi connectivity index (χ1v) is 7.01. The first-order chi connectivity index (χ1) is 6.83. The highest BCUT2D eigenvalue weighted by Gasteiger charge is 2.45. The molecule has 1 fully saturated rings. The van der Waals surface area contributed by atoms with E-state index in [0.29, 0.717) is 5.92 Å². The second-order valence-corrected chi connectivity index (χ2v) is 6.33. The van der Waals surface area contributed by atoms with E-state index in [-0.39, 0.29) is 10.0 Å². The molecule has 15 heavy (non-hydrogen) atoms. The average molecular weight is 325 g/mol. The van der Waals surface area contributed by atoms with Gasteiger partial charge < -0.3 is 9.90 Å². The largest absolute Gasteiger partial charge is 0.498 e. The third-order valence-electron chi connectivity index (χ3n) is 3.69. The highest BCUT2D eigenvalue weighted by atomic mass is 127. The zero-order valence-electron chi connectivity index (χ0n) is 9.75. The molecule has 4 heteroatoms.